The van der Waals surface area contributed by atoms with E-state index in [1.807, 2.05) is 17.7 Å². The molecule has 0 radical (unpaired) electrons. The Morgan fingerprint density at radius 1 is 1.30 bits per heavy atom. The maximum atomic E-state index is 13.5. The van der Waals surface area contributed by atoms with Gasteiger partial charge in [-0.1, -0.05) is 11.6 Å². The molecule has 2 unspecified atom stereocenters. The van der Waals surface area contributed by atoms with E-state index in [0.717, 1.165) is 30.8 Å². The lowest BCUT2D eigenvalue weighted by Crippen LogP contribution is -2.27. The zero-order valence-electron chi connectivity index (χ0n) is 18.6. The molecule has 2 aliphatic carbocycles. The fraction of sp³-hybridized carbons (Fsp3) is 0.458. The molecule has 0 bridgehead atoms. The Bertz CT molecular complexity index is 1190. The highest BCUT2D eigenvalue weighted by Crippen LogP contribution is 2.56. The molecule has 1 amide bonds. The molecule has 1 aromatic carbocycles. The van der Waals surface area contributed by atoms with Gasteiger partial charge in [0.05, 0.1) is 22.7 Å². The number of nitrogens with one attached hydrogen (secondary N) is 1. The van der Waals surface area contributed by atoms with Gasteiger partial charge in [0.2, 0.25) is 0 Å². The fourth-order valence-electron chi connectivity index (χ4n) is 5.86. The Kier molecular flexibility index (Phi) is 5.53. The van der Waals surface area contributed by atoms with Gasteiger partial charge in [0.25, 0.3) is 5.91 Å². The Morgan fingerprint density at radius 2 is 2.03 bits per heavy atom. The number of nitrogens with zero attached hydrogens (tertiary/aromatic N) is 4. The van der Waals surface area contributed by atoms with Gasteiger partial charge in [0, 0.05) is 31.4 Å². The summed E-state index contributed by atoms with van der Waals surface area (Å²) >= 11 is 5.85. The summed E-state index contributed by atoms with van der Waals surface area (Å²) in [4.78, 5) is 17.7. The molecule has 33 heavy (non-hydrogen) atoms. The van der Waals surface area contributed by atoms with E-state index in [0.29, 0.717) is 36.1 Å². The average molecular weight is 472 g/mol. The molecular weight excluding hydrogens is 445 g/mol. The average Bonchev–Trinajstić information content (AvgIpc) is 3.52. The zero-order chi connectivity index (χ0) is 23.3. The number of carbonyl (C=O) groups excluding carboxylic acids is 1. The SMILES string of the molecule is CCn1nccc1C1(O)CC2CC(c3ncn(C)c3C(=O)Nc3ccc(F)c(Cl)c3)CC2C1. The monoisotopic (exact) mass is 471 g/mol. The number of aryl methyl sites for hydroxylation is 2. The van der Waals surface area contributed by atoms with Gasteiger partial charge in [-0.25, -0.2) is 9.37 Å². The van der Waals surface area contributed by atoms with E-state index in [1.165, 1.54) is 18.2 Å². The molecule has 0 saturated heterocycles. The van der Waals surface area contributed by atoms with Gasteiger partial charge in [-0.2, -0.15) is 5.10 Å². The molecule has 7 nitrogen and oxygen atoms in total. The molecule has 9 heteroatoms. The summed E-state index contributed by atoms with van der Waals surface area (Å²) in [5.41, 5.74) is 1.75. The summed E-state index contributed by atoms with van der Waals surface area (Å²) in [6.45, 7) is 2.76. The highest BCUT2D eigenvalue weighted by Gasteiger charge is 2.51. The van der Waals surface area contributed by atoms with E-state index < -0.39 is 11.4 Å². The predicted molar refractivity (Wildman–Crippen MR) is 123 cm³/mol. The normalized spacial score (nSPS) is 26.5. The van der Waals surface area contributed by atoms with Crippen LogP contribution in [-0.4, -0.2) is 30.3 Å². The molecular formula is C24H27ClFN5O2. The highest BCUT2D eigenvalue weighted by molar-refractivity contribution is 6.31. The van der Waals surface area contributed by atoms with Crippen molar-refractivity contribution in [3.63, 3.8) is 0 Å². The van der Waals surface area contributed by atoms with Crippen molar-refractivity contribution in [2.75, 3.05) is 5.32 Å². The zero-order valence-corrected chi connectivity index (χ0v) is 19.4. The first-order valence-electron chi connectivity index (χ1n) is 11.3. The maximum Gasteiger partial charge on any atom is 0.274 e. The third-order valence-electron chi connectivity index (χ3n) is 7.28. The summed E-state index contributed by atoms with van der Waals surface area (Å²) in [6.07, 6.45) is 6.57. The number of benzene rings is 1. The van der Waals surface area contributed by atoms with Gasteiger partial charge < -0.3 is 15.0 Å². The molecule has 2 atom stereocenters. The number of aromatic nitrogens is 4. The summed E-state index contributed by atoms with van der Waals surface area (Å²) < 4.78 is 17.1. The maximum absolute atomic E-state index is 13.5. The van der Waals surface area contributed by atoms with E-state index in [9.17, 15) is 14.3 Å². The van der Waals surface area contributed by atoms with Crippen LogP contribution >= 0.6 is 11.6 Å². The Morgan fingerprint density at radius 3 is 2.70 bits per heavy atom. The number of hydrogen-bond acceptors (Lipinski definition) is 4. The van der Waals surface area contributed by atoms with E-state index >= 15 is 0 Å². The van der Waals surface area contributed by atoms with Crippen LogP contribution in [0.1, 0.15) is 60.4 Å². The first-order valence-corrected chi connectivity index (χ1v) is 11.7. The third-order valence-corrected chi connectivity index (χ3v) is 7.57. The number of amides is 1. The van der Waals surface area contributed by atoms with Crippen LogP contribution in [0.2, 0.25) is 5.02 Å². The minimum atomic E-state index is -0.848. The van der Waals surface area contributed by atoms with Crippen LogP contribution in [0, 0.1) is 17.7 Å². The summed E-state index contributed by atoms with van der Waals surface area (Å²) in [6, 6.07) is 6.03. The number of anilines is 1. The molecule has 2 heterocycles. The van der Waals surface area contributed by atoms with Crippen molar-refractivity contribution >= 4 is 23.2 Å². The van der Waals surface area contributed by atoms with E-state index in [1.54, 1.807) is 24.1 Å². The standard InChI is InChI=1S/C24H27ClFN5O2/c1-3-31-20(6-7-28-31)24(33)11-15-8-14(9-16(15)12-24)21-22(30(2)13-27-21)23(32)29-17-4-5-19(26)18(25)10-17/h4-7,10,13-16,33H,3,8-9,11-12H2,1-2H3,(H,29,32). The number of fused-ring (bicyclic) bond motifs is 1. The predicted octanol–water partition coefficient (Wildman–Crippen LogP) is 4.47. The third kappa shape index (κ3) is 3.85. The van der Waals surface area contributed by atoms with Crippen LogP contribution in [0.3, 0.4) is 0 Å². The van der Waals surface area contributed by atoms with Gasteiger partial charge in [0.15, 0.2) is 0 Å². The summed E-state index contributed by atoms with van der Waals surface area (Å²) in [5, 5.41) is 18.5. The first-order chi connectivity index (χ1) is 15.8. The van der Waals surface area contributed by atoms with E-state index in [2.05, 4.69) is 15.4 Å². The van der Waals surface area contributed by atoms with Crippen molar-refractivity contribution < 1.29 is 14.3 Å². The molecule has 5 rings (SSSR count). The highest BCUT2D eigenvalue weighted by atomic mass is 35.5. The molecule has 2 N–H and O–H groups in total. The number of rotatable bonds is 5. The van der Waals surface area contributed by atoms with E-state index in [4.69, 9.17) is 11.6 Å². The minimum Gasteiger partial charge on any atom is -0.384 e. The number of halogens is 2. The Labute approximate surface area is 196 Å². The van der Waals surface area contributed by atoms with Gasteiger partial charge in [0.1, 0.15) is 17.1 Å². The topological polar surface area (TPSA) is 85.0 Å². The van der Waals surface area contributed by atoms with Crippen LogP contribution < -0.4 is 5.32 Å². The molecule has 0 spiro atoms. The molecule has 174 valence electrons. The number of imidazole rings is 1. The lowest BCUT2D eigenvalue weighted by Gasteiger charge is -2.25. The van der Waals surface area contributed by atoms with Crippen molar-refractivity contribution in [1.82, 2.24) is 19.3 Å². The Balaban J connectivity index is 1.33. The molecule has 2 fully saturated rings. The molecule has 2 aromatic heterocycles. The Hall–Kier alpha value is -2.71. The van der Waals surface area contributed by atoms with Crippen LogP contribution in [-0.2, 0) is 19.2 Å². The van der Waals surface area contributed by atoms with Crippen molar-refractivity contribution in [2.24, 2.45) is 18.9 Å². The molecule has 0 aliphatic heterocycles. The van der Waals surface area contributed by atoms with Crippen molar-refractivity contribution in [2.45, 2.75) is 50.7 Å². The second kappa shape index (κ2) is 8.25. The lowest BCUT2D eigenvalue weighted by molar-refractivity contribution is 0.0255. The summed E-state index contributed by atoms with van der Waals surface area (Å²) in [5.74, 6) is 0.0610. The largest absolute Gasteiger partial charge is 0.384 e. The smallest absolute Gasteiger partial charge is 0.274 e. The molecule has 2 aliphatic rings. The number of aliphatic hydroxyl groups is 1. The fourth-order valence-corrected chi connectivity index (χ4v) is 6.04. The van der Waals surface area contributed by atoms with E-state index in [-0.39, 0.29) is 16.8 Å². The second-order valence-corrected chi connectivity index (χ2v) is 9.74. The number of hydrogen-bond donors (Lipinski definition) is 2. The second-order valence-electron chi connectivity index (χ2n) is 9.33. The van der Waals surface area contributed by atoms with Crippen molar-refractivity contribution in [3.05, 3.63) is 64.7 Å². The van der Waals surface area contributed by atoms with Crippen LogP contribution in [0.5, 0.6) is 0 Å². The minimum absolute atomic E-state index is 0.0430. The lowest BCUT2D eigenvalue weighted by atomic mass is 9.90. The van der Waals surface area contributed by atoms with Gasteiger partial charge >= 0.3 is 0 Å². The van der Waals surface area contributed by atoms with Crippen LogP contribution in [0.4, 0.5) is 10.1 Å². The number of carbonyl (C=O) groups is 1. The quantitative estimate of drug-likeness (QED) is 0.574. The first kappa shape index (κ1) is 22.1. The van der Waals surface area contributed by atoms with Gasteiger partial charge in [-0.05, 0) is 68.7 Å². The van der Waals surface area contributed by atoms with Gasteiger partial charge in [-0.15, -0.1) is 0 Å². The van der Waals surface area contributed by atoms with Crippen molar-refractivity contribution in [3.8, 4) is 0 Å². The van der Waals surface area contributed by atoms with Gasteiger partial charge in [-0.3, -0.25) is 9.48 Å². The summed E-state index contributed by atoms with van der Waals surface area (Å²) in [7, 11) is 1.80. The molecule has 3 aromatic rings. The van der Waals surface area contributed by atoms with Crippen LogP contribution in [0.15, 0.2) is 36.8 Å². The molecule has 2 saturated carbocycles. The van der Waals surface area contributed by atoms with Crippen molar-refractivity contribution in [1.29, 1.82) is 0 Å². The van der Waals surface area contributed by atoms with Crippen LogP contribution in [0.25, 0.3) is 0 Å².